The molecule has 0 rings (SSSR count). The van der Waals surface area contributed by atoms with E-state index in [-0.39, 0.29) is 0 Å². The lowest BCUT2D eigenvalue weighted by Crippen LogP contribution is -2.65. The highest BCUT2D eigenvalue weighted by molar-refractivity contribution is 6.66. The Morgan fingerprint density at radius 1 is 1.12 bits per heavy atom. The first-order chi connectivity index (χ1) is 7.33. The summed E-state index contributed by atoms with van der Waals surface area (Å²) in [5.74, 6) is -1.58. The number of nitrogens with two attached hydrogens (primary N) is 3. The van der Waals surface area contributed by atoms with Gasteiger partial charge in [0, 0.05) is 7.11 Å². The van der Waals surface area contributed by atoms with Crippen molar-refractivity contribution in [3.63, 3.8) is 0 Å². The van der Waals surface area contributed by atoms with Crippen LogP contribution in [0.25, 0.3) is 0 Å². The van der Waals surface area contributed by atoms with Gasteiger partial charge in [0.25, 0.3) is 0 Å². The van der Waals surface area contributed by atoms with Crippen molar-refractivity contribution in [1.29, 1.82) is 0 Å². The van der Waals surface area contributed by atoms with Crippen molar-refractivity contribution in [1.82, 2.24) is 0 Å². The maximum atomic E-state index is 5.32. The van der Waals surface area contributed by atoms with E-state index in [0.29, 0.717) is 0 Å². The molecular weight excluding hydrogens is 222 g/mol. The van der Waals surface area contributed by atoms with Gasteiger partial charge in [-0.15, -0.1) is 26.3 Å². The smallest absolute Gasteiger partial charge is 0.338 e. The standard InChI is InChI=1S/C6H19N3O2Si.2C2H4/c1-4-5-12(3,10-2)11-6(7,8)9;2*1-2/h4-5,7-9H2,1-3H3;2*1-2H2. The minimum absolute atomic E-state index is 0.830. The third-order valence-electron chi connectivity index (χ3n) is 1.53. The average molecular weight is 249 g/mol. The molecule has 0 bridgehead atoms. The topological polar surface area (TPSA) is 96.5 Å². The molecule has 0 radical (unpaired) electrons. The first kappa shape index (κ1) is 20.9. The number of hydrogen-bond donors (Lipinski definition) is 3. The Morgan fingerprint density at radius 3 is 1.69 bits per heavy atom. The second kappa shape index (κ2) is 11.0. The fourth-order valence-electron chi connectivity index (χ4n) is 1.02. The van der Waals surface area contributed by atoms with E-state index < -0.39 is 14.5 Å². The molecule has 0 aromatic heterocycles. The minimum atomic E-state index is -2.23. The largest absolute Gasteiger partial charge is 0.398 e. The van der Waals surface area contributed by atoms with Gasteiger partial charge in [-0.25, -0.2) is 0 Å². The summed E-state index contributed by atoms with van der Waals surface area (Å²) in [6.07, 6.45) is 0.965. The first-order valence-corrected chi connectivity index (χ1v) is 7.47. The van der Waals surface area contributed by atoms with Crippen LogP contribution in [-0.4, -0.2) is 21.6 Å². The van der Waals surface area contributed by atoms with E-state index in [9.17, 15) is 0 Å². The first-order valence-electron chi connectivity index (χ1n) is 4.95. The van der Waals surface area contributed by atoms with Gasteiger partial charge in [0.15, 0.2) is 0 Å². The second-order valence-corrected chi connectivity index (χ2v) is 6.42. The average Bonchev–Trinajstić information content (AvgIpc) is 2.21. The summed E-state index contributed by atoms with van der Waals surface area (Å²) in [7, 11) is -0.643. The molecule has 0 aliphatic heterocycles. The van der Waals surface area contributed by atoms with E-state index in [0.717, 1.165) is 12.5 Å². The van der Waals surface area contributed by atoms with Gasteiger partial charge in [-0.3, -0.25) is 17.2 Å². The van der Waals surface area contributed by atoms with E-state index in [2.05, 4.69) is 26.3 Å². The maximum Gasteiger partial charge on any atom is 0.338 e. The highest BCUT2D eigenvalue weighted by Gasteiger charge is 2.35. The number of hydrogen-bond acceptors (Lipinski definition) is 5. The molecule has 16 heavy (non-hydrogen) atoms. The van der Waals surface area contributed by atoms with Crippen LogP contribution in [0.3, 0.4) is 0 Å². The Kier molecular flexibility index (Phi) is 14.3. The molecular formula is C10H27N3O2Si. The zero-order valence-corrected chi connectivity index (χ0v) is 11.8. The van der Waals surface area contributed by atoms with Crippen molar-refractivity contribution < 1.29 is 8.85 Å². The summed E-state index contributed by atoms with van der Waals surface area (Å²) in [5.41, 5.74) is 15.9. The van der Waals surface area contributed by atoms with Crippen molar-refractivity contribution in [2.75, 3.05) is 7.11 Å². The van der Waals surface area contributed by atoms with Crippen LogP contribution in [0.15, 0.2) is 26.3 Å². The zero-order chi connectivity index (χ0) is 13.8. The summed E-state index contributed by atoms with van der Waals surface area (Å²) < 4.78 is 10.5. The summed E-state index contributed by atoms with van der Waals surface area (Å²) in [6, 6.07) is 0.830. The highest BCUT2D eigenvalue weighted by Crippen LogP contribution is 2.15. The molecule has 1 unspecified atom stereocenters. The van der Waals surface area contributed by atoms with E-state index in [1.165, 1.54) is 0 Å². The van der Waals surface area contributed by atoms with Crippen LogP contribution in [0.2, 0.25) is 12.6 Å². The van der Waals surface area contributed by atoms with Crippen molar-refractivity contribution in [2.45, 2.75) is 31.9 Å². The Bertz CT molecular complexity index is 163. The predicted octanol–water partition coefficient (Wildman–Crippen LogP) is 1.22. The molecule has 98 valence electrons. The van der Waals surface area contributed by atoms with Crippen LogP contribution in [-0.2, 0) is 8.85 Å². The third-order valence-corrected chi connectivity index (χ3v) is 4.59. The van der Waals surface area contributed by atoms with Gasteiger partial charge < -0.3 is 8.85 Å². The molecule has 0 aliphatic rings. The Labute approximate surface area is 101 Å². The lowest BCUT2D eigenvalue weighted by molar-refractivity contribution is 0.0440. The molecule has 0 fully saturated rings. The van der Waals surface area contributed by atoms with Crippen LogP contribution in [0.5, 0.6) is 0 Å². The summed E-state index contributed by atoms with van der Waals surface area (Å²) in [6.45, 7) is 15.9. The van der Waals surface area contributed by atoms with Gasteiger partial charge in [-0.1, -0.05) is 13.3 Å². The molecule has 0 aliphatic carbocycles. The number of rotatable bonds is 5. The molecule has 6 heteroatoms. The molecule has 0 heterocycles. The van der Waals surface area contributed by atoms with Gasteiger partial charge in [-0.2, -0.15) is 0 Å². The van der Waals surface area contributed by atoms with Crippen LogP contribution in [0, 0.1) is 0 Å². The van der Waals surface area contributed by atoms with Crippen LogP contribution in [0.1, 0.15) is 13.3 Å². The normalized spacial score (nSPS) is 13.6. The second-order valence-electron chi connectivity index (χ2n) is 3.04. The summed E-state index contributed by atoms with van der Waals surface area (Å²) >= 11 is 0. The Balaban J connectivity index is -0.000000376. The Hall–Kier alpha value is -0.503. The summed E-state index contributed by atoms with van der Waals surface area (Å²) in [5, 5.41) is 0. The molecule has 0 aromatic rings. The molecule has 0 aromatic carbocycles. The van der Waals surface area contributed by atoms with E-state index in [1.54, 1.807) is 7.11 Å². The van der Waals surface area contributed by atoms with Crippen LogP contribution >= 0.6 is 0 Å². The fourth-order valence-corrected chi connectivity index (χ4v) is 3.07. The van der Waals surface area contributed by atoms with E-state index >= 15 is 0 Å². The fraction of sp³-hybridized carbons (Fsp3) is 0.600. The van der Waals surface area contributed by atoms with Gasteiger partial charge in [0.2, 0.25) is 5.97 Å². The van der Waals surface area contributed by atoms with Crippen molar-refractivity contribution in [2.24, 2.45) is 17.2 Å². The molecule has 6 N–H and O–H groups in total. The van der Waals surface area contributed by atoms with Crippen LogP contribution in [0.4, 0.5) is 0 Å². The third kappa shape index (κ3) is 13.5. The minimum Gasteiger partial charge on any atom is -0.398 e. The SMILES string of the molecule is C=C.C=C.CCC[Si](C)(OC)OC(N)(N)N. The molecule has 0 amide bonds. The van der Waals surface area contributed by atoms with Crippen molar-refractivity contribution in [3.8, 4) is 0 Å². The van der Waals surface area contributed by atoms with E-state index in [4.69, 9.17) is 26.1 Å². The lowest BCUT2D eigenvalue weighted by atomic mass is 10.6. The monoisotopic (exact) mass is 249 g/mol. The van der Waals surface area contributed by atoms with Gasteiger partial charge >= 0.3 is 8.56 Å². The molecule has 5 nitrogen and oxygen atoms in total. The molecule has 1 atom stereocenters. The van der Waals surface area contributed by atoms with E-state index in [1.807, 2.05) is 13.5 Å². The summed E-state index contributed by atoms with van der Waals surface area (Å²) in [4.78, 5) is 0. The van der Waals surface area contributed by atoms with Gasteiger partial charge in [-0.05, 0) is 12.6 Å². The predicted molar refractivity (Wildman–Crippen MR) is 72.6 cm³/mol. The molecule has 0 saturated heterocycles. The van der Waals surface area contributed by atoms with Crippen molar-refractivity contribution >= 4 is 8.56 Å². The van der Waals surface area contributed by atoms with Gasteiger partial charge in [0.05, 0.1) is 0 Å². The zero-order valence-electron chi connectivity index (χ0n) is 10.8. The van der Waals surface area contributed by atoms with Gasteiger partial charge in [0.1, 0.15) is 0 Å². The maximum absolute atomic E-state index is 5.32. The Morgan fingerprint density at radius 2 is 1.50 bits per heavy atom. The molecule has 0 spiro atoms. The lowest BCUT2D eigenvalue weighted by Gasteiger charge is -2.31. The highest BCUT2D eigenvalue weighted by atomic mass is 28.4. The van der Waals surface area contributed by atoms with Crippen molar-refractivity contribution in [3.05, 3.63) is 26.3 Å². The van der Waals surface area contributed by atoms with Crippen LogP contribution < -0.4 is 17.2 Å². The quantitative estimate of drug-likeness (QED) is 0.387. The molecule has 0 saturated carbocycles.